The van der Waals surface area contributed by atoms with Crippen LogP contribution in [0.15, 0.2) is 28.3 Å². The fourth-order valence-electron chi connectivity index (χ4n) is 2.70. The number of hydrogen-bond acceptors (Lipinski definition) is 6. The van der Waals surface area contributed by atoms with Gasteiger partial charge in [-0.25, -0.2) is 23.1 Å². The third kappa shape index (κ3) is 5.27. The maximum Gasteiger partial charge on any atom is 0.240 e. The van der Waals surface area contributed by atoms with E-state index in [0.29, 0.717) is 17.7 Å². The highest BCUT2D eigenvalue weighted by atomic mass is 32.2. The van der Waals surface area contributed by atoms with Crippen LogP contribution in [0.2, 0.25) is 0 Å². The zero-order valence-electron chi connectivity index (χ0n) is 16.1. The van der Waals surface area contributed by atoms with E-state index in [0.717, 1.165) is 22.1 Å². The highest BCUT2D eigenvalue weighted by Gasteiger charge is 2.16. The van der Waals surface area contributed by atoms with E-state index < -0.39 is 10.0 Å². The van der Waals surface area contributed by atoms with Crippen molar-refractivity contribution in [3.63, 3.8) is 0 Å². The molecule has 0 aliphatic heterocycles. The summed E-state index contributed by atoms with van der Waals surface area (Å²) in [5, 5.41) is 3.48. The monoisotopic (exact) mass is 408 g/mol. The molecule has 27 heavy (non-hydrogen) atoms. The molecule has 146 valence electrons. The minimum Gasteiger partial charge on any atom is -0.326 e. The number of nitrogens with one attached hydrogen (secondary N) is 2. The standard InChI is InChI=1S/C18H24N4O3S2/c1-11-6-7-14(10-16(11)27(24,25)19-4)22-17(23)9-8-15-12(2)20-18(26-5)21-13(15)3/h6-7,10,19H,8-9H2,1-5H3,(H,22,23). The van der Waals surface area contributed by atoms with Crippen molar-refractivity contribution < 1.29 is 13.2 Å². The van der Waals surface area contributed by atoms with E-state index in [1.54, 1.807) is 19.1 Å². The van der Waals surface area contributed by atoms with Crippen molar-refractivity contribution in [3.8, 4) is 0 Å². The highest BCUT2D eigenvalue weighted by Crippen LogP contribution is 2.21. The van der Waals surface area contributed by atoms with Crippen molar-refractivity contribution in [1.82, 2.24) is 14.7 Å². The molecule has 1 amide bonds. The van der Waals surface area contributed by atoms with Gasteiger partial charge in [0.1, 0.15) is 0 Å². The first-order valence-electron chi connectivity index (χ1n) is 8.40. The van der Waals surface area contributed by atoms with Gasteiger partial charge in [0.15, 0.2) is 5.16 Å². The average Bonchev–Trinajstić information content (AvgIpc) is 2.62. The van der Waals surface area contributed by atoms with Crippen molar-refractivity contribution in [2.45, 2.75) is 43.7 Å². The molecule has 0 unspecified atom stereocenters. The van der Waals surface area contributed by atoms with Crippen LogP contribution in [0.25, 0.3) is 0 Å². The number of nitrogens with zero attached hydrogens (tertiary/aromatic N) is 2. The molecule has 0 atom stereocenters. The smallest absolute Gasteiger partial charge is 0.240 e. The van der Waals surface area contributed by atoms with E-state index in [1.165, 1.54) is 24.9 Å². The van der Waals surface area contributed by atoms with Crippen LogP contribution in [-0.4, -0.2) is 37.6 Å². The molecule has 2 aromatic rings. The van der Waals surface area contributed by atoms with Gasteiger partial charge in [0.05, 0.1) is 4.90 Å². The Hall–Kier alpha value is -1.97. The predicted octanol–water partition coefficient (Wildman–Crippen LogP) is 2.60. The average molecular weight is 409 g/mol. The van der Waals surface area contributed by atoms with Crippen molar-refractivity contribution in [2.24, 2.45) is 0 Å². The minimum atomic E-state index is -3.58. The first-order valence-corrected chi connectivity index (χ1v) is 11.1. The zero-order valence-corrected chi connectivity index (χ0v) is 17.7. The first kappa shape index (κ1) is 21.3. The van der Waals surface area contributed by atoms with Gasteiger partial charge in [0, 0.05) is 23.5 Å². The number of thioether (sulfide) groups is 1. The Labute approximate surface area is 164 Å². The van der Waals surface area contributed by atoms with Gasteiger partial charge in [-0.15, -0.1) is 0 Å². The summed E-state index contributed by atoms with van der Waals surface area (Å²) < 4.78 is 26.4. The summed E-state index contributed by atoms with van der Waals surface area (Å²) in [6, 6.07) is 4.82. The number of amides is 1. The maximum atomic E-state index is 12.3. The lowest BCUT2D eigenvalue weighted by atomic mass is 10.1. The molecule has 0 saturated heterocycles. The van der Waals surface area contributed by atoms with Crippen LogP contribution < -0.4 is 10.0 Å². The number of carbonyl (C=O) groups excluding carboxylic acids is 1. The molecule has 1 heterocycles. The highest BCUT2D eigenvalue weighted by molar-refractivity contribution is 7.98. The maximum absolute atomic E-state index is 12.3. The minimum absolute atomic E-state index is 0.149. The SMILES string of the molecule is CNS(=O)(=O)c1cc(NC(=O)CCc2c(C)nc(SC)nc2C)ccc1C. The van der Waals surface area contributed by atoms with Crippen LogP contribution in [-0.2, 0) is 21.2 Å². The van der Waals surface area contributed by atoms with Gasteiger partial charge in [0.25, 0.3) is 0 Å². The molecule has 1 aromatic carbocycles. The third-order valence-corrected chi connectivity index (χ3v) is 6.32. The second-order valence-electron chi connectivity index (χ2n) is 6.10. The molecule has 0 saturated carbocycles. The number of anilines is 1. The largest absolute Gasteiger partial charge is 0.326 e. The van der Waals surface area contributed by atoms with Gasteiger partial charge in [-0.2, -0.15) is 0 Å². The van der Waals surface area contributed by atoms with Crippen molar-refractivity contribution in [1.29, 1.82) is 0 Å². The molecule has 2 N–H and O–H groups in total. The zero-order chi connectivity index (χ0) is 20.2. The second kappa shape index (κ2) is 8.81. The molecule has 2 rings (SSSR count). The number of benzene rings is 1. The summed E-state index contributed by atoms with van der Waals surface area (Å²) in [7, 11) is -2.22. The van der Waals surface area contributed by atoms with Crippen LogP contribution >= 0.6 is 11.8 Å². The van der Waals surface area contributed by atoms with Gasteiger partial charge in [-0.1, -0.05) is 17.8 Å². The number of hydrogen-bond donors (Lipinski definition) is 2. The Bertz CT molecular complexity index is 936. The Morgan fingerprint density at radius 2 is 1.78 bits per heavy atom. The molecule has 0 radical (unpaired) electrons. The van der Waals surface area contributed by atoms with Gasteiger partial charge >= 0.3 is 0 Å². The van der Waals surface area contributed by atoms with Gasteiger partial charge in [0.2, 0.25) is 15.9 Å². The molecular weight excluding hydrogens is 384 g/mol. The van der Waals surface area contributed by atoms with E-state index in [-0.39, 0.29) is 17.2 Å². The summed E-state index contributed by atoms with van der Waals surface area (Å²) in [6.45, 7) is 5.53. The molecule has 7 nitrogen and oxygen atoms in total. The number of carbonyl (C=O) groups is 1. The van der Waals surface area contributed by atoms with E-state index in [4.69, 9.17) is 0 Å². The topological polar surface area (TPSA) is 101 Å². The number of sulfonamides is 1. The van der Waals surface area contributed by atoms with Crippen LogP contribution in [0, 0.1) is 20.8 Å². The molecule has 0 bridgehead atoms. The Morgan fingerprint density at radius 1 is 1.15 bits per heavy atom. The number of aryl methyl sites for hydroxylation is 3. The third-order valence-electron chi connectivity index (χ3n) is 4.21. The summed E-state index contributed by atoms with van der Waals surface area (Å²) in [5.74, 6) is -0.195. The van der Waals surface area contributed by atoms with Gasteiger partial charge in [-0.3, -0.25) is 4.79 Å². The molecule has 0 spiro atoms. The molecular formula is C18H24N4O3S2. The predicted molar refractivity (Wildman–Crippen MR) is 108 cm³/mol. The normalized spacial score (nSPS) is 11.4. The molecule has 1 aromatic heterocycles. The molecule has 0 aliphatic rings. The summed E-state index contributed by atoms with van der Waals surface area (Å²) in [4.78, 5) is 21.3. The summed E-state index contributed by atoms with van der Waals surface area (Å²) >= 11 is 1.48. The van der Waals surface area contributed by atoms with Crippen molar-refractivity contribution in [2.75, 3.05) is 18.6 Å². The van der Waals surface area contributed by atoms with E-state index >= 15 is 0 Å². The lowest BCUT2D eigenvalue weighted by Gasteiger charge is -2.12. The van der Waals surface area contributed by atoms with Crippen LogP contribution in [0.1, 0.15) is 28.9 Å². The Morgan fingerprint density at radius 3 is 2.33 bits per heavy atom. The van der Waals surface area contributed by atoms with Gasteiger partial charge in [-0.05, 0) is 63.8 Å². The van der Waals surface area contributed by atoms with Crippen LogP contribution in [0.4, 0.5) is 5.69 Å². The Kier molecular flexibility index (Phi) is 6.96. The van der Waals surface area contributed by atoms with E-state index in [2.05, 4.69) is 20.0 Å². The molecule has 0 fully saturated rings. The number of rotatable bonds is 7. The van der Waals surface area contributed by atoms with Crippen molar-refractivity contribution in [3.05, 3.63) is 40.7 Å². The second-order valence-corrected chi connectivity index (χ2v) is 8.72. The fraction of sp³-hybridized carbons (Fsp3) is 0.389. The lowest BCUT2D eigenvalue weighted by Crippen LogP contribution is -2.20. The summed E-state index contributed by atoms with van der Waals surface area (Å²) in [6.07, 6.45) is 2.70. The first-order chi connectivity index (χ1) is 12.7. The van der Waals surface area contributed by atoms with Crippen LogP contribution in [0.3, 0.4) is 0 Å². The quantitative estimate of drug-likeness (QED) is 0.539. The van der Waals surface area contributed by atoms with Crippen molar-refractivity contribution >= 4 is 33.4 Å². The van der Waals surface area contributed by atoms with E-state index in [9.17, 15) is 13.2 Å². The van der Waals surface area contributed by atoms with Crippen LogP contribution in [0.5, 0.6) is 0 Å². The Balaban J connectivity index is 2.10. The van der Waals surface area contributed by atoms with Gasteiger partial charge < -0.3 is 5.32 Å². The fourth-order valence-corrected chi connectivity index (χ4v) is 4.15. The molecule has 0 aliphatic carbocycles. The lowest BCUT2D eigenvalue weighted by molar-refractivity contribution is -0.116. The number of aromatic nitrogens is 2. The summed E-state index contributed by atoms with van der Waals surface area (Å²) in [5.41, 5.74) is 3.77. The van der Waals surface area contributed by atoms with E-state index in [1.807, 2.05) is 20.1 Å². The molecule has 9 heteroatoms.